The van der Waals surface area contributed by atoms with Gasteiger partial charge in [-0.3, -0.25) is 4.79 Å². The quantitative estimate of drug-likeness (QED) is 0.785. The molecule has 21 heavy (non-hydrogen) atoms. The molecule has 0 radical (unpaired) electrons. The molecule has 3 rings (SSSR count). The van der Waals surface area contributed by atoms with Crippen molar-refractivity contribution >= 4 is 15.8 Å². The molecule has 0 unspecified atom stereocenters. The maximum absolute atomic E-state index is 12.5. The number of piperazine rings is 1. The van der Waals surface area contributed by atoms with Crippen LogP contribution in [0.2, 0.25) is 0 Å². The molecule has 2 aliphatic rings. The van der Waals surface area contributed by atoms with Gasteiger partial charge in [-0.1, -0.05) is 12.1 Å². The fourth-order valence-electron chi connectivity index (χ4n) is 2.55. The van der Waals surface area contributed by atoms with Gasteiger partial charge in [0.1, 0.15) is 0 Å². The number of hydrogen-bond donors (Lipinski definition) is 0. The van der Waals surface area contributed by atoms with E-state index in [0.29, 0.717) is 18.7 Å². The van der Waals surface area contributed by atoms with Crippen LogP contribution in [0.3, 0.4) is 0 Å². The summed E-state index contributed by atoms with van der Waals surface area (Å²) in [5.41, 5.74) is 0.620. The Morgan fingerprint density at radius 3 is 2.14 bits per heavy atom. The Bertz CT molecular complexity index is 627. The third kappa shape index (κ3) is 3.02. The van der Waals surface area contributed by atoms with E-state index < -0.39 is 10.0 Å². The van der Waals surface area contributed by atoms with Crippen LogP contribution in [-0.2, 0) is 10.0 Å². The summed E-state index contributed by atoms with van der Waals surface area (Å²) >= 11 is 0. The van der Waals surface area contributed by atoms with Gasteiger partial charge in [0.25, 0.3) is 0 Å². The highest BCUT2D eigenvalue weighted by Gasteiger charge is 2.31. The lowest BCUT2D eigenvalue weighted by Gasteiger charge is -2.31. The van der Waals surface area contributed by atoms with Gasteiger partial charge in [-0.2, -0.15) is 4.31 Å². The van der Waals surface area contributed by atoms with Crippen LogP contribution in [0.15, 0.2) is 29.2 Å². The molecule has 1 aliphatic heterocycles. The van der Waals surface area contributed by atoms with E-state index in [2.05, 4.69) is 4.90 Å². The third-order valence-corrected chi connectivity index (χ3v) is 6.10. The average molecular weight is 308 g/mol. The topological polar surface area (TPSA) is 57.7 Å². The minimum absolute atomic E-state index is 0.138. The van der Waals surface area contributed by atoms with Gasteiger partial charge in [0, 0.05) is 37.7 Å². The summed E-state index contributed by atoms with van der Waals surface area (Å²) in [6.45, 7) is 2.53. The Morgan fingerprint density at radius 1 is 1.05 bits per heavy atom. The highest BCUT2D eigenvalue weighted by molar-refractivity contribution is 7.89. The van der Waals surface area contributed by atoms with E-state index in [1.807, 2.05) is 7.05 Å². The van der Waals surface area contributed by atoms with Crippen LogP contribution in [0.5, 0.6) is 0 Å². The number of carbonyl (C=O) groups is 1. The van der Waals surface area contributed by atoms with Crippen LogP contribution in [0.1, 0.15) is 23.2 Å². The minimum Gasteiger partial charge on any atom is -0.304 e. The van der Waals surface area contributed by atoms with Crippen LogP contribution in [-0.4, -0.2) is 56.6 Å². The van der Waals surface area contributed by atoms with Gasteiger partial charge in [0.15, 0.2) is 5.78 Å². The summed E-state index contributed by atoms with van der Waals surface area (Å²) in [6.07, 6.45) is 1.92. The molecule has 1 aromatic rings. The highest BCUT2D eigenvalue weighted by atomic mass is 32.2. The first-order valence-electron chi connectivity index (χ1n) is 7.31. The number of likely N-dealkylation sites (N-methyl/N-ethyl adjacent to an activating group) is 1. The Morgan fingerprint density at radius 2 is 1.62 bits per heavy atom. The van der Waals surface area contributed by atoms with Gasteiger partial charge in [0.05, 0.1) is 4.90 Å². The molecular formula is C15H20N2O3S. The fraction of sp³-hybridized carbons (Fsp3) is 0.533. The predicted octanol–water partition coefficient (Wildman–Crippen LogP) is 1.22. The molecule has 5 nitrogen and oxygen atoms in total. The lowest BCUT2D eigenvalue weighted by atomic mass is 10.1. The molecular weight excluding hydrogens is 288 g/mol. The smallest absolute Gasteiger partial charge is 0.243 e. The Hall–Kier alpha value is -1.24. The molecule has 1 aliphatic carbocycles. The molecule has 6 heteroatoms. The zero-order chi connectivity index (χ0) is 15.0. The van der Waals surface area contributed by atoms with E-state index in [1.165, 1.54) is 4.31 Å². The first-order valence-corrected chi connectivity index (χ1v) is 8.75. The van der Waals surface area contributed by atoms with Crippen molar-refractivity contribution in [3.05, 3.63) is 29.8 Å². The van der Waals surface area contributed by atoms with Crippen molar-refractivity contribution in [3.63, 3.8) is 0 Å². The average Bonchev–Trinajstić information content (AvgIpc) is 3.32. The van der Waals surface area contributed by atoms with Crippen LogP contribution in [0, 0.1) is 5.92 Å². The van der Waals surface area contributed by atoms with Crippen molar-refractivity contribution in [2.45, 2.75) is 17.7 Å². The van der Waals surface area contributed by atoms with Gasteiger partial charge in [-0.25, -0.2) is 8.42 Å². The number of sulfonamides is 1. The zero-order valence-electron chi connectivity index (χ0n) is 12.2. The number of ketones is 1. The third-order valence-electron chi connectivity index (χ3n) is 4.19. The maximum Gasteiger partial charge on any atom is 0.243 e. The van der Waals surface area contributed by atoms with Crippen LogP contribution >= 0.6 is 0 Å². The van der Waals surface area contributed by atoms with Crippen molar-refractivity contribution in [1.82, 2.24) is 9.21 Å². The molecule has 2 fully saturated rings. The van der Waals surface area contributed by atoms with Gasteiger partial charge >= 0.3 is 0 Å². The first kappa shape index (κ1) is 14.7. The lowest BCUT2D eigenvalue weighted by Crippen LogP contribution is -2.47. The minimum atomic E-state index is -3.44. The van der Waals surface area contributed by atoms with E-state index in [0.717, 1.165) is 25.9 Å². The second-order valence-electron chi connectivity index (χ2n) is 5.87. The van der Waals surface area contributed by atoms with Crippen LogP contribution < -0.4 is 0 Å². The van der Waals surface area contributed by atoms with E-state index in [4.69, 9.17) is 0 Å². The number of Topliss-reactive ketones (excluding diaryl/α,β-unsaturated/α-hetero) is 1. The van der Waals surface area contributed by atoms with Crippen molar-refractivity contribution in [1.29, 1.82) is 0 Å². The normalized spacial score (nSPS) is 21.4. The van der Waals surface area contributed by atoms with Gasteiger partial charge in [-0.05, 0) is 32.0 Å². The second kappa shape index (κ2) is 5.51. The standard InChI is InChI=1S/C15H20N2O3S/c1-16-8-10-17(11-9-16)21(19,20)14-6-4-13(5-7-14)15(18)12-2-3-12/h4-7,12H,2-3,8-11H2,1H3. The molecule has 1 aromatic carbocycles. The molecule has 114 valence electrons. The second-order valence-corrected chi connectivity index (χ2v) is 7.81. The number of benzene rings is 1. The Balaban J connectivity index is 1.77. The van der Waals surface area contributed by atoms with Crippen molar-refractivity contribution in [3.8, 4) is 0 Å². The number of rotatable bonds is 4. The molecule has 1 heterocycles. The zero-order valence-corrected chi connectivity index (χ0v) is 13.0. The van der Waals surface area contributed by atoms with E-state index in [-0.39, 0.29) is 16.6 Å². The van der Waals surface area contributed by atoms with Gasteiger partial charge in [-0.15, -0.1) is 0 Å². The lowest BCUT2D eigenvalue weighted by molar-refractivity contribution is 0.0967. The van der Waals surface area contributed by atoms with E-state index >= 15 is 0 Å². The molecule has 0 atom stereocenters. The predicted molar refractivity (Wildman–Crippen MR) is 79.8 cm³/mol. The molecule has 0 N–H and O–H groups in total. The summed E-state index contributed by atoms with van der Waals surface area (Å²) in [4.78, 5) is 14.3. The largest absolute Gasteiger partial charge is 0.304 e. The number of hydrogen-bond acceptors (Lipinski definition) is 4. The van der Waals surface area contributed by atoms with Crippen molar-refractivity contribution in [2.75, 3.05) is 33.2 Å². The fourth-order valence-corrected chi connectivity index (χ4v) is 3.97. The maximum atomic E-state index is 12.5. The summed E-state index contributed by atoms with van der Waals surface area (Å²) < 4.78 is 26.6. The molecule has 0 amide bonds. The highest BCUT2D eigenvalue weighted by Crippen LogP contribution is 2.32. The van der Waals surface area contributed by atoms with E-state index in [1.54, 1.807) is 24.3 Å². The Kier molecular flexibility index (Phi) is 3.86. The monoisotopic (exact) mass is 308 g/mol. The Labute approximate surface area is 125 Å². The number of carbonyl (C=O) groups excluding carboxylic acids is 1. The molecule has 0 spiro atoms. The van der Waals surface area contributed by atoms with Gasteiger partial charge in [0.2, 0.25) is 10.0 Å². The van der Waals surface area contributed by atoms with Crippen molar-refractivity contribution < 1.29 is 13.2 Å². The molecule has 1 saturated carbocycles. The molecule has 0 aromatic heterocycles. The summed E-state index contributed by atoms with van der Waals surface area (Å²) in [5, 5.41) is 0. The summed E-state index contributed by atoms with van der Waals surface area (Å²) in [7, 11) is -1.45. The molecule has 0 bridgehead atoms. The van der Waals surface area contributed by atoms with E-state index in [9.17, 15) is 13.2 Å². The molecule has 1 saturated heterocycles. The summed E-state index contributed by atoms with van der Waals surface area (Å²) in [5.74, 6) is 0.295. The SMILES string of the molecule is CN1CCN(S(=O)(=O)c2ccc(C(=O)C3CC3)cc2)CC1. The van der Waals surface area contributed by atoms with Crippen LogP contribution in [0.25, 0.3) is 0 Å². The van der Waals surface area contributed by atoms with Crippen molar-refractivity contribution in [2.24, 2.45) is 5.92 Å². The summed E-state index contributed by atoms with van der Waals surface area (Å²) in [6, 6.07) is 6.40. The van der Waals surface area contributed by atoms with Gasteiger partial charge < -0.3 is 4.90 Å². The number of nitrogens with zero attached hydrogens (tertiary/aromatic N) is 2. The first-order chi connectivity index (χ1) is 9.98. The van der Waals surface area contributed by atoms with Crippen LogP contribution in [0.4, 0.5) is 0 Å².